The van der Waals surface area contributed by atoms with Crippen LogP contribution in [0.15, 0.2) is 0 Å². The van der Waals surface area contributed by atoms with Crippen molar-refractivity contribution in [3.63, 3.8) is 0 Å². The molecule has 4 aliphatic rings. The van der Waals surface area contributed by atoms with Gasteiger partial charge in [0.25, 0.3) is 0 Å². The van der Waals surface area contributed by atoms with Gasteiger partial charge in [-0.1, -0.05) is 13.8 Å². The first-order chi connectivity index (χ1) is 10.2. The van der Waals surface area contributed by atoms with E-state index in [1.54, 1.807) is 0 Å². The molecular formula is C15H28N2O5. The number of hydrogen-bond acceptors (Lipinski definition) is 7. The molecule has 0 spiro atoms. The first-order valence-corrected chi connectivity index (χ1v) is 7.99. The van der Waals surface area contributed by atoms with Crippen LogP contribution >= 0.6 is 0 Å². The van der Waals surface area contributed by atoms with Crippen LogP contribution in [0, 0.1) is 10.8 Å². The van der Waals surface area contributed by atoms with E-state index in [0.29, 0.717) is 0 Å². The Labute approximate surface area is 130 Å². The van der Waals surface area contributed by atoms with Gasteiger partial charge < -0.3 is 25.5 Å². The zero-order valence-electron chi connectivity index (χ0n) is 13.3. The van der Waals surface area contributed by atoms with E-state index < -0.39 is 31.0 Å². The highest BCUT2D eigenvalue weighted by atomic mass is 16.4. The van der Waals surface area contributed by atoms with Crippen LogP contribution in [0.3, 0.4) is 0 Å². The summed E-state index contributed by atoms with van der Waals surface area (Å²) < 4.78 is 0. The van der Waals surface area contributed by atoms with Gasteiger partial charge in [0.1, 0.15) is 24.4 Å². The van der Waals surface area contributed by atoms with Gasteiger partial charge in [0.2, 0.25) is 0 Å². The molecule has 22 heavy (non-hydrogen) atoms. The molecule has 7 heteroatoms. The van der Waals surface area contributed by atoms with Crippen LogP contribution in [0.1, 0.15) is 20.3 Å². The summed E-state index contributed by atoms with van der Waals surface area (Å²) in [5, 5.41) is 49.0. The third kappa shape index (κ3) is 2.58. The van der Waals surface area contributed by atoms with Crippen molar-refractivity contribution in [2.24, 2.45) is 10.8 Å². The lowest BCUT2D eigenvalue weighted by molar-refractivity contribution is -0.237. The van der Waals surface area contributed by atoms with Gasteiger partial charge in [0.15, 0.2) is 0 Å². The summed E-state index contributed by atoms with van der Waals surface area (Å²) >= 11 is 0. The Hall–Kier alpha value is -0.280. The maximum atomic E-state index is 10.5. The molecule has 0 aliphatic carbocycles. The second kappa shape index (κ2) is 5.37. The molecule has 4 heterocycles. The Morgan fingerprint density at radius 1 is 0.909 bits per heavy atom. The quantitative estimate of drug-likeness (QED) is 0.392. The van der Waals surface area contributed by atoms with Gasteiger partial charge in [0, 0.05) is 26.2 Å². The minimum atomic E-state index is -1.56. The second-order valence-electron chi connectivity index (χ2n) is 8.24. The van der Waals surface area contributed by atoms with E-state index in [9.17, 15) is 20.4 Å². The maximum Gasteiger partial charge on any atom is 0.111 e. The van der Waals surface area contributed by atoms with Crippen LogP contribution in [0.25, 0.3) is 0 Å². The number of rotatable bonds is 5. The topological polar surface area (TPSA) is 108 Å². The molecule has 0 aromatic rings. The highest BCUT2D eigenvalue weighted by Gasteiger charge is 2.58. The fraction of sp³-hybridized carbons (Fsp3) is 1.00. The normalized spacial score (nSPS) is 49.0. The molecule has 0 aromatic heterocycles. The van der Waals surface area contributed by atoms with Crippen LogP contribution in [-0.2, 0) is 0 Å². The van der Waals surface area contributed by atoms with Crippen molar-refractivity contribution in [1.29, 1.82) is 0 Å². The standard InChI is InChI=1S/C15H28N2O5/c1-14-4-15(2)7-16(5-14)13(17(6-14)8-15)12(22)11(21)10(20)9(19)3-18/h9-13,18-22H,3-8H2,1-2H3/t9-,10-,11-,12+,13?,14?,15?/m0/s1. The van der Waals surface area contributed by atoms with Crippen LogP contribution < -0.4 is 0 Å². The van der Waals surface area contributed by atoms with Gasteiger partial charge in [-0.2, -0.15) is 0 Å². The molecule has 0 aromatic carbocycles. The highest BCUT2D eigenvalue weighted by Crippen LogP contribution is 2.51. The minimum Gasteiger partial charge on any atom is -0.394 e. The average molecular weight is 316 g/mol. The van der Waals surface area contributed by atoms with E-state index in [1.165, 1.54) is 6.42 Å². The molecule has 0 unspecified atom stereocenters. The van der Waals surface area contributed by atoms with Crippen molar-refractivity contribution in [1.82, 2.24) is 9.80 Å². The van der Waals surface area contributed by atoms with Gasteiger partial charge in [-0.15, -0.1) is 0 Å². The van der Waals surface area contributed by atoms with E-state index in [0.717, 1.165) is 26.2 Å². The third-order valence-electron chi connectivity index (χ3n) is 5.53. The first-order valence-electron chi connectivity index (χ1n) is 7.99. The van der Waals surface area contributed by atoms with Crippen LogP contribution in [0.4, 0.5) is 0 Å². The SMILES string of the molecule is CC12CN3CC(C)(CN(C1)C3[C@H](O)[C@@H](O)[C@@H](O)[C@@H](O)CO)C2. The van der Waals surface area contributed by atoms with E-state index >= 15 is 0 Å². The van der Waals surface area contributed by atoms with E-state index in [-0.39, 0.29) is 17.0 Å². The largest absolute Gasteiger partial charge is 0.394 e. The molecule has 4 saturated heterocycles. The van der Waals surface area contributed by atoms with E-state index in [1.807, 2.05) is 0 Å². The summed E-state index contributed by atoms with van der Waals surface area (Å²) in [5.41, 5.74) is 0.408. The Kier molecular flexibility index (Phi) is 4.05. The van der Waals surface area contributed by atoms with Crippen molar-refractivity contribution in [3.8, 4) is 0 Å². The van der Waals surface area contributed by atoms with Crippen LogP contribution in [0.2, 0.25) is 0 Å². The Morgan fingerprint density at radius 2 is 1.36 bits per heavy atom. The maximum absolute atomic E-state index is 10.5. The van der Waals surface area contributed by atoms with Crippen molar-refractivity contribution in [3.05, 3.63) is 0 Å². The summed E-state index contributed by atoms with van der Waals surface area (Å²) in [6, 6.07) is 0. The van der Waals surface area contributed by atoms with E-state index in [2.05, 4.69) is 23.6 Å². The number of aliphatic hydroxyl groups excluding tert-OH is 5. The molecule has 4 bridgehead atoms. The van der Waals surface area contributed by atoms with Crippen molar-refractivity contribution in [2.75, 3.05) is 32.8 Å². The fourth-order valence-electron chi connectivity index (χ4n) is 5.18. The number of piperidine rings is 2. The molecule has 0 amide bonds. The monoisotopic (exact) mass is 316 g/mol. The summed E-state index contributed by atoms with van der Waals surface area (Å²) in [5.74, 6) is 0. The van der Waals surface area contributed by atoms with Gasteiger partial charge in [-0.25, -0.2) is 0 Å². The molecule has 4 rings (SSSR count). The van der Waals surface area contributed by atoms with Gasteiger partial charge >= 0.3 is 0 Å². The zero-order chi connectivity index (χ0) is 16.3. The molecule has 4 atom stereocenters. The van der Waals surface area contributed by atoms with Crippen LogP contribution in [-0.4, -0.2) is 98.7 Å². The Bertz CT molecular complexity index is 398. The zero-order valence-corrected chi connectivity index (χ0v) is 13.3. The highest BCUT2D eigenvalue weighted by molar-refractivity contribution is 5.09. The molecule has 5 N–H and O–H groups in total. The van der Waals surface area contributed by atoms with Crippen molar-refractivity contribution >= 4 is 0 Å². The van der Waals surface area contributed by atoms with E-state index in [4.69, 9.17) is 5.11 Å². The summed E-state index contributed by atoms with van der Waals surface area (Å²) in [4.78, 5) is 4.37. The summed E-state index contributed by atoms with van der Waals surface area (Å²) in [6.45, 7) is 7.33. The predicted molar refractivity (Wildman–Crippen MR) is 78.9 cm³/mol. The number of hydrogen-bond donors (Lipinski definition) is 5. The molecule has 4 fully saturated rings. The molecule has 0 saturated carbocycles. The van der Waals surface area contributed by atoms with Crippen molar-refractivity contribution in [2.45, 2.75) is 50.8 Å². The Balaban J connectivity index is 1.76. The third-order valence-corrected chi connectivity index (χ3v) is 5.53. The van der Waals surface area contributed by atoms with Gasteiger partial charge in [-0.05, 0) is 17.3 Å². The minimum absolute atomic E-state index is 0.204. The summed E-state index contributed by atoms with van der Waals surface area (Å²) in [7, 11) is 0. The predicted octanol–water partition coefficient (Wildman–Crippen LogP) is -2.20. The fourth-order valence-corrected chi connectivity index (χ4v) is 5.18. The first kappa shape index (κ1) is 16.6. The smallest absolute Gasteiger partial charge is 0.111 e. The lowest BCUT2D eigenvalue weighted by Gasteiger charge is -2.67. The Morgan fingerprint density at radius 3 is 1.77 bits per heavy atom. The molecular weight excluding hydrogens is 288 g/mol. The lowest BCUT2D eigenvalue weighted by Crippen LogP contribution is -2.77. The molecule has 4 aliphatic heterocycles. The number of nitrogens with zero attached hydrogens (tertiary/aromatic N) is 2. The van der Waals surface area contributed by atoms with Gasteiger partial charge in [-0.3, -0.25) is 9.80 Å². The lowest BCUT2D eigenvalue weighted by atomic mass is 9.63. The molecule has 7 nitrogen and oxygen atoms in total. The van der Waals surface area contributed by atoms with Crippen LogP contribution in [0.5, 0.6) is 0 Å². The number of aliphatic hydroxyl groups is 5. The molecule has 0 radical (unpaired) electrons. The summed E-state index contributed by atoms with van der Waals surface area (Å²) in [6.07, 6.45) is -4.89. The average Bonchev–Trinajstić information content (AvgIpc) is 2.41. The van der Waals surface area contributed by atoms with Crippen molar-refractivity contribution < 1.29 is 25.5 Å². The molecule has 128 valence electrons. The van der Waals surface area contributed by atoms with Gasteiger partial charge in [0.05, 0.1) is 12.8 Å². The second-order valence-corrected chi connectivity index (χ2v) is 8.24.